The number of carbonyl (C=O) groups excluding carboxylic acids is 1. The number of likely N-dealkylation sites (tertiary alicyclic amines) is 1. The Balaban J connectivity index is 1.23. The standard InChI is InChI=1S/C26H34N2O3/c1-30-24-11-10-22(25(16-24)31-2)17-27-26(29)12-9-19-6-5-13-28(18-19)23-14-20-7-3-4-8-21(20)15-23/h3-4,7-8,10-11,16,19,23H,5-6,9,12-15,17-18H2,1-2H3,(H,27,29)/t19-/m0/s1. The molecule has 1 heterocycles. The van der Waals surface area contributed by atoms with Crippen LogP contribution >= 0.6 is 0 Å². The summed E-state index contributed by atoms with van der Waals surface area (Å²) in [5, 5.41) is 3.06. The first-order chi connectivity index (χ1) is 15.2. The van der Waals surface area contributed by atoms with Crippen molar-refractivity contribution in [3.8, 4) is 11.5 Å². The molecule has 0 saturated carbocycles. The van der Waals surface area contributed by atoms with E-state index in [1.54, 1.807) is 14.2 Å². The molecule has 0 bridgehead atoms. The van der Waals surface area contributed by atoms with E-state index in [9.17, 15) is 4.79 Å². The molecule has 2 aromatic carbocycles. The molecule has 1 fully saturated rings. The monoisotopic (exact) mass is 422 g/mol. The Hall–Kier alpha value is -2.53. The average Bonchev–Trinajstić information content (AvgIpc) is 3.26. The Kier molecular flexibility index (Phi) is 7.13. The van der Waals surface area contributed by atoms with E-state index in [1.165, 1.54) is 43.4 Å². The van der Waals surface area contributed by atoms with Crippen molar-refractivity contribution < 1.29 is 14.3 Å². The zero-order valence-corrected chi connectivity index (χ0v) is 18.7. The zero-order chi connectivity index (χ0) is 21.6. The number of rotatable bonds is 8. The molecule has 0 spiro atoms. The van der Waals surface area contributed by atoms with Gasteiger partial charge in [-0.15, -0.1) is 0 Å². The summed E-state index contributed by atoms with van der Waals surface area (Å²) in [5.74, 6) is 2.21. The van der Waals surface area contributed by atoms with E-state index in [0.29, 0.717) is 24.9 Å². The highest BCUT2D eigenvalue weighted by molar-refractivity contribution is 5.75. The van der Waals surface area contributed by atoms with E-state index >= 15 is 0 Å². The second kappa shape index (κ2) is 10.2. The molecule has 2 aromatic rings. The van der Waals surface area contributed by atoms with E-state index < -0.39 is 0 Å². The number of ether oxygens (including phenoxy) is 2. The molecule has 1 aliphatic heterocycles. The van der Waals surface area contributed by atoms with Crippen LogP contribution in [0.1, 0.15) is 42.4 Å². The van der Waals surface area contributed by atoms with Crippen molar-refractivity contribution >= 4 is 5.91 Å². The molecule has 2 aliphatic rings. The number of fused-ring (bicyclic) bond motifs is 1. The Labute approximate surface area is 185 Å². The van der Waals surface area contributed by atoms with Gasteiger partial charge in [0.25, 0.3) is 0 Å². The first kappa shape index (κ1) is 21.7. The summed E-state index contributed by atoms with van der Waals surface area (Å²) in [7, 11) is 3.27. The lowest BCUT2D eigenvalue weighted by Crippen LogP contribution is -2.43. The lowest BCUT2D eigenvalue weighted by atomic mass is 9.92. The van der Waals surface area contributed by atoms with Gasteiger partial charge in [0.05, 0.1) is 14.2 Å². The Morgan fingerprint density at radius 3 is 2.58 bits per heavy atom. The molecule has 5 heteroatoms. The fraction of sp³-hybridized carbons (Fsp3) is 0.500. The molecule has 31 heavy (non-hydrogen) atoms. The summed E-state index contributed by atoms with van der Waals surface area (Å²) in [5.41, 5.74) is 3.99. The summed E-state index contributed by atoms with van der Waals surface area (Å²) in [4.78, 5) is 15.2. The summed E-state index contributed by atoms with van der Waals surface area (Å²) in [6.45, 7) is 2.79. The maximum Gasteiger partial charge on any atom is 0.220 e. The molecule has 0 aromatic heterocycles. The van der Waals surface area contributed by atoms with Gasteiger partial charge in [0.15, 0.2) is 0 Å². The van der Waals surface area contributed by atoms with E-state index in [-0.39, 0.29) is 5.91 Å². The van der Waals surface area contributed by atoms with Gasteiger partial charge in [-0.25, -0.2) is 0 Å². The van der Waals surface area contributed by atoms with Crippen LogP contribution in [0, 0.1) is 5.92 Å². The van der Waals surface area contributed by atoms with Gasteiger partial charge in [0.2, 0.25) is 5.91 Å². The zero-order valence-electron chi connectivity index (χ0n) is 18.7. The predicted molar refractivity (Wildman–Crippen MR) is 123 cm³/mol. The molecule has 1 atom stereocenters. The summed E-state index contributed by atoms with van der Waals surface area (Å²) in [6, 6.07) is 15.2. The maximum absolute atomic E-state index is 12.5. The third-order valence-electron chi connectivity index (χ3n) is 6.85. The average molecular weight is 423 g/mol. The molecule has 0 radical (unpaired) electrons. The van der Waals surface area contributed by atoms with Crippen molar-refractivity contribution in [2.24, 2.45) is 5.92 Å². The highest BCUT2D eigenvalue weighted by atomic mass is 16.5. The van der Waals surface area contributed by atoms with Gasteiger partial charge in [0, 0.05) is 37.2 Å². The predicted octanol–water partition coefficient (Wildman–Crippen LogP) is 3.98. The summed E-state index contributed by atoms with van der Waals surface area (Å²) in [6.07, 6.45) is 6.36. The Morgan fingerprint density at radius 1 is 1.10 bits per heavy atom. The van der Waals surface area contributed by atoms with Crippen LogP contribution < -0.4 is 14.8 Å². The molecule has 166 valence electrons. The first-order valence-corrected chi connectivity index (χ1v) is 11.4. The van der Waals surface area contributed by atoms with Crippen LogP contribution in [0.3, 0.4) is 0 Å². The van der Waals surface area contributed by atoms with Gasteiger partial charge < -0.3 is 14.8 Å². The van der Waals surface area contributed by atoms with E-state index in [0.717, 1.165) is 30.0 Å². The second-order valence-electron chi connectivity index (χ2n) is 8.83. The number of amides is 1. The van der Waals surface area contributed by atoms with Gasteiger partial charge in [-0.05, 0) is 67.8 Å². The Morgan fingerprint density at radius 2 is 1.87 bits per heavy atom. The molecule has 4 rings (SSSR count). The van der Waals surface area contributed by atoms with Gasteiger partial charge in [-0.3, -0.25) is 9.69 Å². The fourth-order valence-electron chi connectivity index (χ4n) is 5.07. The minimum atomic E-state index is 0.114. The normalized spacial score (nSPS) is 19.1. The number of methoxy groups -OCH3 is 2. The van der Waals surface area contributed by atoms with Crippen LogP contribution in [-0.2, 0) is 24.2 Å². The number of hydrogen-bond donors (Lipinski definition) is 1. The third-order valence-corrected chi connectivity index (χ3v) is 6.85. The lowest BCUT2D eigenvalue weighted by molar-refractivity contribution is -0.121. The molecule has 1 aliphatic carbocycles. The lowest BCUT2D eigenvalue weighted by Gasteiger charge is -2.36. The number of nitrogens with one attached hydrogen (secondary N) is 1. The number of benzene rings is 2. The fourth-order valence-corrected chi connectivity index (χ4v) is 5.07. The van der Waals surface area contributed by atoms with Gasteiger partial charge in [0.1, 0.15) is 11.5 Å². The van der Waals surface area contributed by atoms with Gasteiger partial charge in [-0.2, -0.15) is 0 Å². The molecular formula is C26H34N2O3. The summed E-state index contributed by atoms with van der Waals surface area (Å²) >= 11 is 0. The van der Waals surface area contributed by atoms with Crippen molar-refractivity contribution in [2.45, 2.75) is 51.1 Å². The van der Waals surface area contributed by atoms with Crippen molar-refractivity contribution in [3.63, 3.8) is 0 Å². The third kappa shape index (κ3) is 5.40. The van der Waals surface area contributed by atoms with Crippen molar-refractivity contribution in [1.29, 1.82) is 0 Å². The Bertz CT molecular complexity index is 873. The first-order valence-electron chi connectivity index (χ1n) is 11.4. The highest BCUT2D eigenvalue weighted by Crippen LogP contribution is 2.30. The second-order valence-corrected chi connectivity index (χ2v) is 8.83. The number of hydrogen-bond acceptors (Lipinski definition) is 4. The van der Waals surface area contributed by atoms with Gasteiger partial charge in [-0.1, -0.05) is 24.3 Å². The van der Waals surface area contributed by atoms with Crippen LogP contribution in [0.15, 0.2) is 42.5 Å². The van der Waals surface area contributed by atoms with Crippen LogP contribution in [0.5, 0.6) is 11.5 Å². The van der Waals surface area contributed by atoms with E-state index in [1.807, 2.05) is 18.2 Å². The molecule has 1 N–H and O–H groups in total. The topological polar surface area (TPSA) is 50.8 Å². The van der Waals surface area contributed by atoms with Crippen LogP contribution in [0.4, 0.5) is 0 Å². The van der Waals surface area contributed by atoms with Crippen molar-refractivity contribution in [2.75, 3.05) is 27.3 Å². The number of carbonyl (C=O) groups is 1. The quantitative estimate of drug-likeness (QED) is 0.699. The molecule has 1 amide bonds. The summed E-state index contributed by atoms with van der Waals surface area (Å²) < 4.78 is 10.7. The van der Waals surface area contributed by atoms with Crippen LogP contribution in [-0.4, -0.2) is 44.2 Å². The SMILES string of the molecule is COc1ccc(CNC(=O)CC[C@@H]2CCCN(C3Cc4ccccc4C3)C2)c(OC)c1. The van der Waals surface area contributed by atoms with E-state index in [2.05, 4.69) is 34.5 Å². The molecule has 0 unspecified atom stereocenters. The minimum absolute atomic E-state index is 0.114. The minimum Gasteiger partial charge on any atom is -0.497 e. The van der Waals surface area contributed by atoms with Crippen molar-refractivity contribution in [3.05, 3.63) is 59.2 Å². The van der Waals surface area contributed by atoms with Gasteiger partial charge >= 0.3 is 0 Å². The number of piperidine rings is 1. The molecule has 1 saturated heterocycles. The van der Waals surface area contributed by atoms with E-state index in [4.69, 9.17) is 9.47 Å². The maximum atomic E-state index is 12.5. The van der Waals surface area contributed by atoms with Crippen molar-refractivity contribution in [1.82, 2.24) is 10.2 Å². The number of nitrogens with zero attached hydrogens (tertiary/aromatic N) is 1. The molecular weight excluding hydrogens is 388 g/mol. The molecule has 5 nitrogen and oxygen atoms in total. The highest BCUT2D eigenvalue weighted by Gasteiger charge is 2.30. The van der Waals surface area contributed by atoms with Crippen LogP contribution in [0.25, 0.3) is 0 Å². The largest absolute Gasteiger partial charge is 0.497 e. The smallest absolute Gasteiger partial charge is 0.220 e. The van der Waals surface area contributed by atoms with Crippen LogP contribution in [0.2, 0.25) is 0 Å².